The van der Waals surface area contributed by atoms with Gasteiger partial charge in [0.05, 0.1) is 30.3 Å². The van der Waals surface area contributed by atoms with Crippen LogP contribution in [-0.4, -0.2) is 37.6 Å². The van der Waals surface area contributed by atoms with Crippen LogP contribution in [0.4, 0.5) is 11.4 Å². The van der Waals surface area contributed by atoms with Gasteiger partial charge in [-0.3, -0.25) is 9.78 Å². The minimum atomic E-state index is 0.0325. The maximum Gasteiger partial charge on any atom is 0.239 e. The minimum absolute atomic E-state index is 0.0325. The molecular formula is C14H24N4O. The number of likely N-dealkylation sites (N-methyl/N-ethyl adjacent to an activating group) is 1. The van der Waals surface area contributed by atoms with E-state index in [9.17, 15) is 4.79 Å². The third-order valence-corrected chi connectivity index (χ3v) is 2.63. The van der Waals surface area contributed by atoms with E-state index >= 15 is 0 Å². The highest BCUT2D eigenvalue weighted by Gasteiger charge is 2.08. The van der Waals surface area contributed by atoms with E-state index in [4.69, 9.17) is 0 Å². The summed E-state index contributed by atoms with van der Waals surface area (Å²) in [6.07, 6.45) is 3.54. The Kier molecular flexibility index (Phi) is 6.12. The zero-order chi connectivity index (χ0) is 14.3. The van der Waals surface area contributed by atoms with E-state index in [-0.39, 0.29) is 5.91 Å². The Morgan fingerprint density at radius 2 is 2.16 bits per heavy atom. The Bertz CT molecular complexity index is 406. The second kappa shape index (κ2) is 7.61. The van der Waals surface area contributed by atoms with Crippen LogP contribution in [-0.2, 0) is 4.79 Å². The van der Waals surface area contributed by atoms with Gasteiger partial charge in [0, 0.05) is 20.1 Å². The monoisotopic (exact) mass is 264 g/mol. The van der Waals surface area contributed by atoms with Crippen molar-refractivity contribution in [2.24, 2.45) is 5.92 Å². The van der Waals surface area contributed by atoms with Crippen LogP contribution in [0.1, 0.15) is 20.8 Å². The lowest BCUT2D eigenvalue weighted by molar-refractivity contribution is -0.119. The Labute approximate surface area is 115 Å². The number of carbonyl (C=O) groups is 1. The second-order valence-electron chi connectivity index (χ2n) is 5.02. The topological polar surface area (TPSA) is 57.3 Å². The fourth-order valence-corrected chi connectivity index (χ4v) is 1.62. The molecule has 0 aromatic carbocycles. The second-order valence-corrected chi connectivity index (χ2v) is 5.02. The van der Waals surface area contributed by atoms with Gasteiger partial charge in [0.1, 0.15) is 0 Å². The standard InChI is InChI=1S/C14H24N4O/c1-5-16-12-6-13(9-15-8-12)18(4)10-14(19)17-7-11(2)3/h6,8-9,11,16H,5,7,10H2,1-4H3,(H,17,19). The van der Waals surface area contributed by atoms with Crippen molar-refractivity contribution < 1.29 is 4.79 Å². The average molecular weight is 264 g/mol. The van der Waals surface area contributed by atoms with Gasteiger partial charge < -0.3 is 15.5 Å². The molecule has 0 aliphatic heterocycles. The van der Waals surface area contributed by atoms with E-state index in [1.54, 1.807) is 12.4 Å². The predicted octanol–water partition coefficient (Wildman–Crippen LogP) is 1.72. The van der Waals surface area contributed by atoms with Crippen molar-refractivity contribution in [1.29, 1.82) is 0 Å². The molecular weight excluding hydrogens is 240 g/mol. The van der Waals surface area contributed by atoms with Crippen LogP contribution in [0.15, 0.2) is 18.5 Å². The molecule has 0 unspecified atom stereocenters. The van der Waals surface area contributed by atoms with E-state index in [1.165, 1.54) is 0 Å². The van der Waals surface area contributed by atoms with Crippen molar-refractivity contribution in [3.63, 3.8) is 0 Å². The van der Waals surface area contributed by atoms with Crippen LogP contribution >= 0.6 is 0 Å². The van der Waals surface area contributed by atoms with Crippen molar-refractivity contribution in [2.75, 3.05) is 36.9 Å². The molecule has 1 aromatic rings. The van der Waals surface area contributed by atoms with Crippen LogP contribution in [0.5, 0.6) is 0 Å². The normalized spacial score (nSPS) is 10.4. The van der Waals surface area contributed by atoms with Gasteiger partial charge in [-0.2, -0.15) is 0 Å². The first kappa shape index (κ1) is 15.3. The van der Waals surface area contributed by atoms with Crippen LogP contribution in [0, 0.1) is 5.92 Å². The Balaban J connectivity index is 2.54. The molecule has 0 aliphatic rings. The first-order valence-electron chi connectivity index (χ1n) is 6.69. The summed E-state index contributed by atoms with van der Waals surface area (Å²) in [6.45, 7) is 8.09. The SMILES string of the molecule is CCNc1cncc(N(C)CC(=O)NCC(C)C)c1. The summed E-state index contributed by atoms with van der Waals surface area (Å²) >= 11 is 0. The van der Waals surface area contributed by atoms with Gasteiger partial charge in [0.15, 0.2) is 0 Å². The number of nitrogens with one attached hydrogen (secondary N) is 2. The molecule has 0 atom stereocenters. The lowest BCUT2D eigenvalue weighted by Gasteiger charge is -2.19. The van der Waals surface area contributed by atoms with Gasteiger partial charge in [-0.1, -0.05) is 13.8 Å². The fourth-order valence-electron chi connectivity index (χ4n) is 1.62. The molecule has 0 spiro atoms. The highest BCUT2D eigenvalue weighted by Crippen LogP contribution is 2.15. The molecule has 2 N–H and O–H groups in total. The van der Waals surface area contributed by atoms with E-state index in [0.29, 0.717) is 19.0 Å². The van der Waals surface area contributed by atoms with Gasteiger partial charge in [0.2, 0.25) is 5.91 Å². The van der Waals surface area contributed by atoms with E-state index in [1.807, 2.05) is 24.9 Å². The Morgan fingerprint density at radius 3 is 2.79 bits per heavy atom. The van der Waals surface area contributed by atoms with Gasteiger partial charge in [-0.15, -0.1) is 0 Å². The molecule has 0 fully saturated rings. The van der Waals surface area contributed by atoms with Crippen molar-refractivity contribution in [1.82, 2.24) is 10.3 Å². The van der Waals surface area contributed by atoms with Crippen molar-refractivity contribution in [3.8, 4) is 0 Å². The number of hydrogen-bond donors (Lipinski definition) is 2. The van der Waals surface area contributed by atoms with Crippen LogP contribution in [0.2, 0.25) is 0 Å². The number of amides is 1. The molecule has 1 aromatic heterocycles. The third-order valence-electron chi connectivity index (χ3n) is 2.63. The number of nitrogens with zero attached hydrogens (tertiary/aromatic N) is 2. The molecule has 1 heterocycles. The number of pyridine rings is 1. The summed E-state index contributed by atoms with van der Waals surface area (Å²) in [7, 11) is 1.89. The van der Waals surface area contributed by atoms with Crippen LogP contribution in [0.25, 0.3) is 0 Å². The quantitative estimate of drug-likeness (QED) is 0.787. The Hall–Kier alpha value is -1.78. The van der Waals surface area contributed by atoms with E-state index in [2.05, 4.69) is 29.5 Å². The highest BCUT2D eigenvalue weighted by atomic mass is 16.2. The Morgan fingerprint density at radius 1 is 1.42 bits per heavy atom. The predicted molar refractivity (Wildman–Crippen MR) is 79.5 cm³/mol. The summed E-state index contributed by atoms with van der Waals surface area (Å²) in [5, 5.41) is 6.11. The molecule has 0 saturated carbocycles. The largest absolute Gasteiger partial charge is 0.384 e. The third kappa shape index (κ3) is 5.59. The molecule has 0 bridgehead atoms. The fraction of sp³-hybridized carbons (Fsp3) is 0.571. The van der Waals surface area contributed by atoms with Crippen LogP contribution in [0.3, 0.4) is 0 Å². The van der Waals surface area contributed by atoms with Gasteiger partial charge >= 0.3 is 0 Å². The lowest BCUT2D eigenvalue weighted by atomic mass is 10.2. The molecule has 0 radical (unpaired) electrons. The number of hydrogen-bond acceptors (Lipinski definition) is 4. The van der Waals surface area contributed by atoms with Crippen LogP contribution < -0.4 is 15.5 Å². The summed E-state index contributed by atoms with van der Waals surface area (Å²) in [4.78, 5) is 17.8. The van der Waals surface area contributed by atoms with Gasteiger partial charge in [0.25, 0.3) is 0 Å². The van der Waals surface area contributed by atoms with E-state index < -0.39 is 0 Å². The van der Waals surface area contributed by atoms with Gasteiger partial charge in [-0.25, -0.2) is 0 Å². The molecule has 1 rings (SSSR count). The first-order valence-corrected chi connectivity index (χ1v) is 6.69. The highest BCUT2D eigenvalue weighted by molar-refractivity contribution is 5.81. The number of aromatic nitrogens is 1. The van der Waals surface area contributed by atoms with Gasteiger partial charge in [-0.05, 0) is 18.9 Å². The zero-order valence-electron chi connectivity index (χ0n) is 12.2. The number of anilines is 2. The number of carbonyl (C=O) groups excluding carboxylic acids is 1. The summed E-state index contributed by atoms with van der Waals surface area (Å²) in [6, 6.07) is 1.99. The zero-order valence-corrected chi connectivity index (χ0v) is 12.2. The maximum atomic E-state index is 11.8. The number of rotatable bonds is 7. The smallest absolute Gasteiger partial charge is 0.239 e. The summed E-state index contributed by atoms with van der Waals surface area (Å²) < 4.78 is 0. The van der Waals surface area contributed by atoms with E-state index in [0.717, 1.165) is 17.9 Å². The van der Waals surface area contributed by atoms with Crippen molar-refractivity contribution >= 4 is 17.3 Å². The molecule has 106 valence electrons. The first-order chi connectivity index (χ1) is 9.02. The molecule has 5 heteroatoms. The van der Waals surface area contributed by atoms with Crippen molar-refractivity contribution in [2.45, 2.75) is 20.8 Å². The average Bonchev–Trinajstić information content (AvgIpc) is 2.37. The molecule has 5 nitrogen and oxygen atoms in total. The lowest BCUT2D eigenvalue weighted by Crippen LogP contribution is -2.36. The summed E-state index contributed by atoms with van der Waals surface area (Å²) in [5.74, 6) is 0.498. The minimum Gasteiger partial charge on any atom is -0.384 e. The maximum absolute atomic E-state index is 11.8. The molecule has 1 amide bonds. The van der Waals surface area contributed by atoms with Crippen molar-refractivity contribution in [3.05, 3.63) is 18.5 Å². The molecule has 19 heavy (non-hydrogen) atoms. The summed E-state index contributed by atoms with van der Waals surface area (Å²) in [5.41, 5.74) is 1.90. The molecule has 0 saturated heterocycles. The molecule has 0 aliphatic carbocycles.